The summed E-state index contributed by atoms with van der Waals surface area (Å²) in [4.78, 5) is 39.6. The molecule has 0 saturated heterocycles. The molecule has 3 aromatic rings. The predicted molar refractivity (Wildman–Crippen MR) is 106 cm³/mol. The molecule has 142 valence electrons. The number of rotatable bonds is 5. The molecule has 2 aromatic carbocycles. The fourth-order valence-corrected chi connectivity index (χ4v) is 3.15. The molecular weight excluding hydrogens is 381 g/mol. The number of anilines is 2. The van der Waals surface area contributed by atoms with E-state index in [-0.39, 0.29) is 22.2 Å². The Balaban J connectivity index is 1.73. The van der Waals surface area contributed by atoms with Crippen LogP contribution in [0.15, 0.2) is 47.8 Å². The van der Waals surface area contributed by atoms with Gasteiger partial charge in [0.15, 0.2) is 5.13 Å². The molecule has 0 unspecified atom stereocenters. The Morgan fingerprint density at radius 2 is 1.75 bits per heavy atom. The molecule has 0 aliphatic carbocycles. The van der Waals surface area contributed by atoms with Crippen molar-refractivity contribution in [3.8, 4) is 11.3 Å². The minimum absolute atomic E-state index is 0.186. The Bertz CT molecular complexity index is 1060. The second-order valence-electron chi connectivity index (χ2n) is 6.06. The van der Waals surface area contributed by atoms with Crippen LogP contribution in [0.1, 0.15) is 22.8 Å². The maximum absolute atomic E-state index is 14.3. The van der Waals surface area contributed by atoms with Crippen LogP contribution in [-0.2, 0) is 9.59 Å². The van der Waals surface area contributed by atoms with Gasteiger partial charge in [0, 0.05) is 29.1 Å². The second-order valence-corrected chi connectivity index (χ2v) is 6.92. The van der Waals surface area contributed by atoms with Crippen molar-refractivity contribution < 1.29 is 18.8 Å². The molecule has 1 aromatic heterocycles. The summed E-state index contributed by atoms with van der Waals surface area (Å²) in [5.74, 6) is -2.36. The van der Waals surface area contributed by atoms with Crippen molar-refractivity contribution in [2.75, 3.05) is 10.6 Å². The zero-order chi connectivity index (χ0) is 20.3. The first-order valence-corrected chi connectivity index (χ1v) is 9.17. The molecular formula is C20H16FN3O3S. The normalized spacial score (nSPS) is 10.4. The molecule has 8 heteroatoms. The maximum Gasteiger partial charge on any atom is 0.298 e. The van der Waals surface area contributed by atoms with Crippen molar-refractivity contribution in [1.82, 2.24) is 4.98 Å². The lowest BCUT2D eigenvalue weighted by molar-refractivity contribution is -0.114. The fraction of sp³-hybridized carbons (Fsp3) is 0.100. The molecule has 2 N–H and O–H groups in total. The number of nitrogens with one attached hydrogen (secondary N) is 2. The number of aromatic nitrogens is 1. The van der Waals surface area contributed by atoms with Crippen molar-refractivity contribution in [2.45, 2.75) is 13.8 Å². The largest absolute Gasteiger partial charge is 0.326 e. The molecule has 28 heavy (non-hydrogen) atoms. The third kappa shape index (κ3) is 4.47. The van der Waals surface area contributed by atoms with E-state index in [2.05, 4.69) is 15.6 Å². The number of carbonyl (C=O) groups is 3. The summed E-state index contributed by atoms with van der Waals surface area (Å²) < 4.78 is 14.3. The molecule has 0 atom stereocenters. The first-order valence-electron chi connectivity index (χ1n) is 8.29. The van der Waals surface area contributed by atoms with Crippen molar-refractivity contribution in [3.63, 3.8) is 0 Å². The van der Waals surface area contributed by atoms with Gasteiger partial charge in [-0.25, -0.2) is 9.37 Å². The Morgan fingerprint density at radius 3 is 2.39 bits per heavy atom. The number of carbonyl (C=O) groups excluding carboxylic acids is 3. The lowest BCUT2D eigenvalue weighted by Crippen LogP contribution is -2.22. The van der Waals surface area contributed by atoms with E-state index in [1.807, 2.05) is 6.92 Å². The van der Waals surface area contributed by atoms with Gasteiger partial charge in [-0.3, -0.25) is 19.7 Å². The topological polar surface area (TPSA) is 88.2 Å². The Hall–Kier alpha value is -3.39. The van der Waals surface area contributed by atoms with E-state index in [1.165, 1.54) is 19.1 Å². The van der Waals surface area contributed by atoms with Crippen LogP contribution in [-0.4, -0.2) is 22.6 Å². The van der Waals surface area contributed by atoms with E-state index in [4.69, 9.17) is 0 Å². The van der Waals surface area contributed by atoms with Gasteiger partial charge in [0.05, 0.1) is 5.69 Å². The zero-order valence-electron chi connectivity index (χ0n) is 15.1. The van der Waals surface area contributed by atoms with Crippen LogP contribution in [0.3, 0.4) is 0 Å². The number of Topliss-reactive ketones (excluding diaryl/α,β-unsaturated/α-hetero) is 1. The third-order valence-corrected chi connectivity index (χ3v) is 4.57. The standard InChI is InChI=1S/C20H16FN3O3S/c1-11-3-5-13(6-4-11)18(26)19(27)24-20-23-17(10-28-20)15-8-7-14(9-16(15)21)22-12(2)25/h3-10H,1-2H3,(H,22,25)(H,23,24,27). The van der Waals surface area contributed by atoms with Crippen LogP contribution in [0.25, 0.3) is 11.3 Å². The van der Waals surface area contributed by atoms with Crippen LogP contribution in [0.2, 0.25) is 0 Å². The van der Waals surface area contributed by atoms with Crippen LogP contribution in [0.4, 0.5) is 15.2 Å². The third-order valence-electron chi connectivity index (χ3n) is 3.81. The van der Waals surface area contributed by atoms with Gasteiger partial charge < -0.3 is 5.32 Å². The van der Waals surface area contributed by atoms with E-state index in [0.29, 0.717) is 11.4 Å². The van der Waals surface area contributed by atoms with Crippen LogP contribution >= 0.6 is 11.3 Å². The lowest BCUT2D eigenvalue weighted by atomic mass is 10.1. The molecule has 0 spiro atoms. The number of thiazole rings is 1. The molecule has 0 aliphatic heterocycles. The number of aryl methyl sites for hydroxylation is 1. The smallest absolute Gasteiger partial charge is 0.298 e. The van der Waals surface area contributed by atoms with Gasteiger partial charge >= 0.3 is 0 Å². The Kier molecular flexibility index (Phi) is 5.60. The van der Waals surface area contributed by atoms with Crippen molar-refractivity contribution in [1.29, 1.82) is 0 Å². The predicted octanol–water partition coefficient (Wildman–Crippen LogP) is 4.04. The molecule has 0 bridgehead atoms. The van der Waals surface area contributed by atoms with E-state index >= 15 is 0 Å². The first kappa shape index (κ1) is 19.4. The number of benzene rings is 2. The highest BCUT2D eigenvalue weighted by Crippen LogP contribution is 2.28. The fourth-order valence-electron chi connectivity index (χ4n) is 2.45. The molecule has 1 heterocycles. The van der Waals surface area contributed by atoms with Gasteiger partial charge in [0.2, 0.25) is 5.91 Å². The number of ketones is 1. The van der Waals surface area contributed by atoms with E-state index < -0.39 is 17.5 Å². The first-order chi connectivity index (χ1) is 13.3. The Morgan fingerprint density at radius 1 is 1.04 bits per heavy atom. The van der Waals surface area contributed by atoms with E-state index in [1.54, 1.807) is 35.7 Å². The van der Waals surface area contributed by atoms with Gasteiger partial charge in [0.1, 0.15) is 5.82 Å². The summed E-state index contributed by atoms with van der Waals surface area (Å²) >= 11 is 1.08. The van der Waals surface area contributed by atoms with Gasteiger partial charge in [0.25, 0.3) is 11.7 Å². The summed E-state index contributed by atoms with van der Waals surface area (Å²) in [5.41, 5.74) is 2.12. The Labute approximate surface area is 164 Å². The molecule has 3 rings (SSSR count). The average Bonchev–Trinajstić information content (AvgIpc) is 3.09. The van der Waals surface area contributed by atoms with Gasteiger partial charge in [-0.15, -0.1) is 11.3 Å². The van der Waals surface area contributed by atoms with Gasteiger partial charge in [-0.2, -0.15) is 0 Å². The molecule has 0 aliphatic rings. The molecule has 2 amide bonds. The zero-order valence-corrected chi connectivity index (χ0v) is 15.9. The molecule has 0 radical (unpaired) electrons. The molecule has 0 saturated carbocycles. The van der Waals surface area contributed by atoms with E-state index in [9.17, 15) is 18.8 Å². The minimum atomic E-state index is -0.814. The van der Waals surface area contributed by atoms with Crippen molar-refractivity contribution in [2.24, 2.45) is 0 Å². The maximum atomic E-state index is 14.3. The van der Waals surface area contributed by atoms with Gasteiger partial charge in [-0.05, 0) is 25.1 Å². The summed E-state index contributed by atoms with van der Waals surface area (Å²) in [5, 5.41) is 6.70. The quantitative estimate of drug-likeness (QED) is 0.502. The molecule has 0 fully saturated rings. The highest BCUT2D eigenvalue weighted by molar-refractivity contribution is 7.14. The monoisotopic (exact) mass is 397 g/mol. The lowest BCUT2D eigenvalue weighted by Gasteiger charge is -2.05. The number of nitrogens with zero attached hydrogens (tertiary/aromatic N) is 1. The highest BCUT2D eigenvalue weighted by atomic mass is 32.1. The van der Waals surface area contributed by atoms with Crippen molar-refractivity contribution in [3.05, 3.63) is 64.8 Å². The van der Waals surface area contributed by atoms with Crippen LogP contribution in [0, 0.1) is 12.7 Å². The summed E-state index contributed by atoms with van der Waals surface area (Å²) in [6.07, 6.45) is 0. The van der Waals surface area contributed by atoms with Crippen molar-refractivity contribution >= 4 is 39.8 Å². The van der Waals surface area contributed by atoms with Crippen LogP contribution in [0.5, 0.6) is 0 Å². The highest BCUT2D eigenvalue weighted by Gasteiger charge is 2.18. The van der Waals surface area contributed by atoms with Gasteiger partial charge in [-0.1, -0.05) is 29.8 Å². The summed E-state index contributed by atoms with van der Waals surface area (Å²) in [6.45, 7) is 3.21. The molecule has 6 nitrogen and oxygen atoms in total. The number of amides is 2. The summed E-state index contributed by atoms with van der Waals surface area (Å²) in [6, 6.07) is 10.9. The number of hydrogen-bond acceptors (Lipinski definition) is 5. The summed E-state index contributed by atoms with van der Waals surface area (Å²) in [7, 11) is 0. The van der Waals surface area contributed by atoms with Crippen LogP contribution < -0.4 is 10.6 Å². The SMILES string of the molecule is CC(=O)Nc1ccc(-c2csc(NC(=O)C(=O)c3ccc(C)cc3)n2)c(F)c1. The van der Waals surface area contributed by atoms with E-state index in [0.717, 1.165) is 16.9 Å². The minimum Gasteiger partial charge on any atom is -0.326 e. The number of hydrogen-bond donors (Lipinski definition) is 2. The number of halogens is 1. The second kappa shape index (κ2) is 8.10. The average molecular weight is 397 g/mol.